The second-order valence-electron chi connectivity index (χ2n) is 3.97. The molecule has 0 saturated heterocycles. The van der Waals surface area contributed by atoms with Gasteiger partial charge in [-0.1, -0.05) is 11.6 Å². The number of aromatic nitrogens is 2. The van der Waals surface area contributed by atoms with E-state index in [1.165, 1.54) is 12.1 Å². The number of hydrogen-bond acceptors (Lipinski definition) is 4. The Bertz CT molecular complexity index is 737. The van der Waals surface area contributed by atoms with Crippen molar-refractivity contribution in [3.8, 4) is 0 Å². The van der Waals surface area contributed by atoms with Crippen molar-refractivity contribution in [2.75, 3.05) is 0 Å². The fraction of sp³-hybridized carbons (Fsp3) is 0.182. The summed E-state index contributed by atoms with van der Waals surface area (Å²) in [4.78, 5) is 12.1. The topological polar surface area (TPSA) is 59.3 Å². The van der Waals surface area contributed by atoms with E-state index < -0.39 is 33.6 Å². The summed E-state index contributed by atoms with van der Waals surface area (Å²) in [6.07, 6.45) is -3.59. The third-order valence-corrected chi connectivity index (χ3v) is 3.59. The molecule has 0 aliphatic heterocycles. The summed E-state index contributed by atoms with van der Waals surface area (Å²) >= 11 is 6.33. The minimum atomic E-state index is -4.74. The van der Waals surface area contributed by atoms with Gasteiger partial charge in [0.05, 0.1) is 11.1 Å². The monoisotopic (exact) mass is 354 g/mol. The second-order valence-corrected chi connectivity index (χ2v) is 5.42. The van der Waals surface area contributed by atoms with Crippen molar-refractivity contribution < 1.29 is 22.4 Å². The van der Waals surface area contributed by atoms with Crippen molar-refractivity contribution in [2.24, 2.45) is 12.1 Å². The molecule has 118 valence electrons. The Kier molecular flexibility index (Phi) is 4.52. The van der Waals surface area contributed by atoms with Crippen LogP contribution in [0.15, 0.2) is 17.2 Å². The highest BCUT2D eigenvalue weighted by Gasteiger charge is 2.39. The number of alkyl halides is 3. The van der Waals surface area contributed by atoms with Crippen molar-refractivity contribution in [3.05, 3.63) is 38.6 Å². The Morgan fingerprint density at radius 2 is 2.18 bits per heavy atom. The standard InChI is InChI=1S/C11H7ClF4N4OS/c1-20-9(11(14,15)16)7(12)8(19-20)10(21)18-17-4-5-2-3-6(13)22-5/h2-4H,1H3,(H,18,21)/b17-4+. The number of carbonyl (C=O) groups excluding carboxylic acids is 1. The molecule has 5 nitrogen and oxygen atoms in total. The molecule has 1 N–H and O–H groups in total. The van der Waals surface area contributed by atoms with Crippen molar-refractivity contribution in [2.45, 2.75) is 6.18 Å². The first kappa shape index (κ1) is 16.4. The number of carbonyl (C=O) groups is 1. The summed E-state index contributed by atoms with van der Waals surface area (Å²) < 4.78 is 51.4. The Morgan fingerprint density at radius 1 is 1.50 bits per heavy atom. The van der Waals surface area contributed by atoms with Gasteiger partial charge in [0.15, 0.2) is 16.5 Å². The number of nitrogens with zero attached hydrogens (tertiary/aromatic N) is 3. The molecule has 2 aromatic rings. The predicted octanol–water partition coefficient (Wildman–Crippen LogP) is 3.06. The SMILES string of the molecule is Cn1nc(C(=O)N/N=C/c2ccc(F)s2)c(Cl)c1C(F)(F)F. The van der Waals surface area contributed by atoms with Crippen molar-refractivity contribution in [3.63, 3.8) is 0 Å². The summed E-state index contributed by atoms with van der Waals surface area (Å²) in [7, 11) is 1.02. The van der Waals surface area contributed by atoms with E-state index >= 15 is 0 Å². The summed E-state index contributed by atoms with van der Waals surface area (Å²) in [6, 6.07) is 2.63. The molecule has 0 aliphatic rings. The Hall–Kier alpha value is -1.94. The Morgan fingerprint density at radius 3 is 2.68 bits per heavy atom. The lowest BCUT2D eigenvalue weighted by molar-refractivity contribution is -0.143. The maximum atomic E-state index is 12.7. The molecule has 0 fully saturated rings. The van der Waals surface area contributed by atoms with Gasteiger partial charge in [-0.3, -0.25) is 9.48 Å². The number of nitrogens with one attached hydrogen (secondary N) is 1. The maximum absolute atomic E-state index is 12.7. The van der Waals surface area contributed by atoms with Gasteiger partial charge in [0.1, 0.15) is 5.02 Å². The van der Waals surface area contributed by atoms with E-state index in [0.29, 0.717) is 9.56 Å². The zero-order valence-electron chi connectivity index (χ0n) is 10.8. The summed E-state index contributed by atoms with van der Waals surface area (Å²) in [6.45, 7) is 0. The van der Waals surface area contributed by atoms with Gasteiger partial charge in [-0.15, -0.1) is 11.3 Å². The molecule has 0 unspecified atom stereocenters. The lowest BCUT2D eigenvalue weighted by atomic mass is 10.3. The summed E-state index contributed by atoms with van der Waals surface area (Å²) in [5, 5.41) is 5.68. The number of thiophene rings is 1. The molecule has 0 aromatic carbocycles. The highest BCUT2D eigenvalue weighted by Crippen LogP contribution is 2.35. The van der Waals surface area contributed by atoms with E-state index in [2.05, 4.69) is 10.2 Å². The average Bonchev–Trinajstić information content (AvgIpc) is 2.92. The van der Waals surface area contributed by atoms with E-state index in [9.17, 15) is 22.4 Å². The lowest BCUT2D eigenvalue weighted by Gasteiger charge is -2.06. The number of halogens is 5. The fourth-order valence-electron chi connectivity index (χ4n) is 1.56. The van der Waals surface area contributed by atoms with Crippen molar-refractivity contribution in [1.29, 1.82) is 0 Å². The lowest BCUT2D eigenvalue weighted by Crippen LogP contribution is -2.18. The molecule has 11 heteroatoms. The highest BCUT2D eigenvalue weighted by atomic mass is 35.5. The molecule has 0 spiro atoms. The van der Waals surface area contributed by atoms with E-state index in [-0.39, 0.29) is 0 Å². The number of hydrazone groups is 1. The van der Waals surface area contributed by atoms with Crippen LogP contribution in [0.5, 0.6) is 0 Å². The third-order valence-electron chi connectivity index (χ3n) is 2.42. The van der Waals surface area contributed by atoms with Crippen molar-refractivity contribution >= 4 is 35.1 Å². The fourth-order valence-corrected chi connectivity index (χ4v) is 2.51. The average molecular weight is 355 g/mol. The van der Waals surface area contributed by atoms with Crippen molar-refractivity contribution in [1.82, 2.24) is 15.2 Å². The summed E-state index contributed by atoms with van der Waals surface area (Å²) in [5.74, 6) is -1.01. The summed E-state index contributed by atoms with van der Waals surface area (Å²) in [5.41, 5.74) is 0.138. The largest absolute Gasteiger partial charge is 0.434 e. The van der Waals surface area contributed by atoms with Gasteiger partial charge in [-0.2, -0.15) is 27.8 Å². The van der Waals surface area contributed by atoms with Crippen LogP contribution in [0.3, 0.4) is 0 Å². The minimum Gasteiger partial charge on any atom is -0.265 e. The van der Waals surface area contributed by atoms with Crippen LogP contribution in [-0.4, -0.2) is 21.9 Å². The number of hydrogen-bond donors (Lipinski definition) is 1. The van der Waals surface area contributed by atoms with Gasteiger partial charge >= 0.3 is 6.18 Å². The Balaban J connectivity index is 2.15. The molecule has 0 radical (unpaired) electrons. The molecule has 0 atom stereocenters. The van der Waals surface area contributed by atoms with Crippen LogP contribution in [0.4, 0.5) is 17.6 Å². The zero-order valence-corrected chi connectivity index (χ0v) is 12.4. The van der Waals surface area contributed by atoms with Crippen LogP contribution in [-0.2, 0) is 13.2 Å². The van der Waals surface area contributed by atoms with Crippen LogP contribution in [0, 0.1) is 5.13 Å². The molecule has 0 aliphatic carbocycles. The maximum Gasteiger partial charge on any atom is 0.434 e. The van der Waals surface area contributed by atoms with Crippen LogP contribution in [0.2, 0.25) is 5.02 Å². The molecule has 0 bridgehead atoms. The molecule has 1 amide bonds. The number of rotatable bonds is 3. The quantitative estimate of drug-likeness (QED) is 0.523. The van der Waals surface area contributed by atoms with E-state index in [1.807, 2.05) is 5.43 Å². The minimum absolute atomic E-state index is 0.417. The van der Waals surface area contributed by atoms with E-state index in [0.717, 1.165) is 24.6 Å². The van der Waals surface area contributed by atoms with E-state index in [4.69, 9.17) is 11.6 Å². The number of amides is 1. The molecular formula is C11H7ClF4N4OS. The number of aryl methyl sites for hydroxylation is 1. The van der Waals surface area contributed by atoms with Crippen LogP contribution < -0.4 is 5.43 Å². The van der Waals surface area contributed by atoms with Gasteiger partial charge < -0.3 is 0 Å². The first-order valence-corrected chi connectivity index (χ1v) is 6.78. The molecule has 2 rings (SSSR count). The van der Waals surface area contributed by atoms with E-state index in [1.54, 1.807) is 0 Å². The third kappa shape index (κ3) is 3.45. The zero-order chi connectivity index (χ0) is 16.5. The van der Waals surface area contributed by atoms with Gasteiger partial charge in [-0.05, 0) is 12.1 Å². The predicted molar refractivity (Wildman–Crippen MR) is 72.6 cm³/mol. The van der Waals surface area contributed by atoms with Gasteiger partial charge in [0, 0.05) is 7.05 Å². The van der Waals surface area contributed by atoms with Crippen LogP contribution >= 0.6 is 22.9 Å². The second kappa shape index (κ2) is 6.05. The first-order valence-electron chi connectivity index (χ1n) is 5.58. The highest BCUT2D eigenvalue weighted by molar-refractivity contribution is 7.12. The molecule has 2 heterocycles. The molecule has 2 aromatic heterocycles. The molecule has 22 heavy (non-hydrogen) atoms. The van der Waals surface area contributed by atoms with Gasteiger partial charge in [-0.25, -0.2) is 5.43 Å². The van der Waals surface area contributed by atoms with Crippen LogP contribution in [0.25, 0.3) is 0 Å². The van der Waals surface area contributed by atoms with Crippen LogP contribution in [0.1, 0.15) is 21.1 Å². The first-order chi connectivity index (χ1) is 10.2. The smallest absolute Gasteiger partial charge is 0.265 e. The molecular weight excluding hydrogens is 348 g/mol. The Labute approximate surface area is 130 Å². The molecule has 0 saturated carbocycles. The van der Waals surface area contributed by atoms with Gasteiger partial charge in [0.25, 0.3) is 5.91 Å². The normalized spacial score (nSPS) is 12.1. The van der Waals surface area contributed by atoms with Gasteiger partial charge in [0.2, 0.25) is 0 Å².